The van der Waals surface area contributed by atoms with Crippen molar-refractivity contribution in [2.24, 2.45) is 59.2 Å². The zero-order valence-corrected chi connectivity index (χ0v) is 21.4. The maximum Gasteiger partial charge on any atom is 0.243 e. The van der Waals surface area contributed by atoms with Gasteiger partial charge in [-0.05, 0) is 101 Å². The lowest BCUT2D eigenvalue weighted by atomic mass is 9.59. The molecule has 0 radical (unpaired) electrons. The summed E-state index contributed by atoms with van der Waals surface area (Å²) in [7, 11) is 0. The number of nitrogens with zero attached hydrogens (tertiary/aromatic N) is 2. The van der Waals surface area contributed by atoms with E-state index in [0.29, 0.717) is 11.8 Å². The Morgan fingerprint density at radius 2 is 1.09 bits per heavy atom. The molecule has 0 N–H and O–H groups in total. The zero-order chi connectivity index (χ0) is 23.8. The van der Waals surface area contributed by atoms with E-state index in [4.69, 9.17) is 0 Å². The van der Waals surface area contributed by atoms with Crippen molar-refractivity contribution in [2.45, 2.75) is 77.5 Å². The van der Waals surface area contributed by atoms with Gasteiger partial charge in [-0.2, -0.15) is 0 Å². The molecule has 6 aliphatic rings. The molecule has 7 heteroatoms. The standard InChI is InChI=1S/C26H36N2O4S/c1-7-25(3,4)27-21(29)17-11-9-12(18(17)22(27)30)16-14-10-13(15(11)16)19-20(14)24(32)28(23(19)31)33-26(5,6)8-2/h11-20H,7-10H2,1-6H3. The van der Waals surface area contributed by atoms with E-state index in [-0.39, 0.29) is 75.7 Å². The van der Waals surface area contributed by atoms with Crippen molar-refractivity contribution in [3.63, 3.8) is 0 Å². The third-order valence-corrected chi connectivity index (χ3v) is 12.1. The Labute approximate surface area is 200 Å². The second-order valence-electron chi connectivity index (χ2n) is 12.7. The highest BCUT2D eigenvalue weighted by atomic mass is 32.2. The van der Waals surface area contributed by atoms with Crippen molar-refractivity contribution < 1.29 is 19.2 Å². The van der Waals surface area contributed by atoms with Gasteiger partial charge in [-0.15, -0.1) is 0 Å². The van der Waals surface area contributed by atoms with E-state index < -0.39 is 5.54 Å². The summed E-state index contributed by atoms with van der Waals surface area (Å²) >= 11 is 1.40. The molecule has 4 saturated carbocycles. The molecule has 6 fully saturated rings. The first-order valence-corrected chi connectivity index (χ1v) is 13.7. The minimum atomic E-state index is -0.460. The van der Waals surface area contributed by atoms with Crippen molar-refractivity contribution in [2.75, 3.05) is 0 Å². The molecule has 6 rings (SSSR count). The molecule has 0 aromatic heterocycles. The Bertz CT molecular complexity index is 917. The normalized spacial score (nSPS) is 45.5. The number of likely N-dealkylation sites (tertiary alicyclic amines) is 1. The van der Waals surface area contributed by atoms with Gasteiger partial charge in [0.05, 0.1) is 23.7 Å². The van der Waals surface area contributed by atoms with Crippen LogP contribution in [-0.4, -0.2) is 43.1 Å². The van der Waals surface area contributed by atoms with Crippen molar-refractivity contribution in [3.8, 4) is 0 Å². The van der Waals surface area contributed by atoms with Crippen molar-refractivity contribution in [1.82, 2.24) is 9.21 Å². The summed E-state index contributed by atoms with van der Waals surface area (Å²) in [5.41, 5.74) is -0.460. The van der Waals surface area contributed by atoms with Crippen LogP contribution in [0.15, 0.2) is 0 Å². The summed E-state index contributed by atoms with van der Waals surface area (Å²) in [4.78, 5) is 55.7. The van der Waals surface area contributed by atoms with Crippen LogP contribution in [0.3, 0.4) is 0 Å². The van der Waals surface area contributed by atoms with Gasteiger partial charge in [0, 0.05) is 10.3 Å². The number of carbonyl (C=O) groups excluding carboxylic acids is 4. The number of fused-ring (bicyclic) bond motifs is 15. The van der Waals surface area contributed by atoms with Gasteiger partial charge < -0.3 is 0 Å². The first kappa shape index (κ1) is 22.1. The van der Waals surface area contributed by atoms with Crippen LogP contribution in [0.4, 0.5) is 0 Å². The van der Waals surface area contributed by atoms with E-state index in [1.807, 2.05) is 20.8 Å². The van der Waals surface area contributed by atoms with Crippen molar-refractivity contribution in [3.05, 3.63) is 0 Å². The number of hydrogen-bond donors (Lipinski definition) is 0. The number of imide groups is 2. The zero-order valence-electron chi connectivity index (χ0n) is 20.5. The van der Waals surface area contributed by atoms with Gasteiger partial charge in [-0.3, -0.25) is 24.1 Å². The Balaban J connectivity index is 1.31. The van der Waals surface area contributed by atoms with Gasteiger partial charge in [0.1, 0.15) is 0 Å². The quantitative estimate of drug-likeness (QED) is 0.346. The molecule has 10 unspecified atom stereocenters. The summed E-state index contributed by atoms with van der Waals surface area (Å²) in [6.07, 6.45) is 3.48. The molecule has 2 saturated heterocycles. The van der Waals surface area contributed by atoms with Crippen LogP contribution in [0.2, 0.25) is 0 Å². The molecule has 0 aromatic carbocycles. The monoisotopic (exact) mass is 472 g/mol. The van der Waals surface area contributed by atoms with E-state index in [9.17, 15) is 19.2 Å². The topological polar surface area (TPSA) is 74.8 Å². The third kappa shape index (κ3) is 2.53. The molecule has 180 valence electrons. The molecule has 4 aliphatic carbocycles. The van der Waals surface area contributed by atoms with Crippen LogP contribution in [0, 0.1) is 59.2 Å². The average molecular weight is 473 g/mol. The van der Waals surface area contributed by atoms with Gasteiger partial charge in [0.15, 0.2) is 0 Å². The fraction of sp³-hybridized carbons (Fsp3) is 0.846. The van der Waals surface area contributed by atoms with Crippen LogP contribution < -0.4 is 0 Å². The molecule has 0 spiro atoms. The maximum absolute atomic E-state index is 13.5. The average Bonchev–Trinajstić information content (AvgIpc) is 3.56. The number of amides is 4. The lowest BCUT2D eigenvalue weighted by Gasteiger charge is -2.41. The van der Waals surface area contributed by atoms with Gasteiger partial charge in [0.25, 0.3) is 0 Å². The van der Waals surface area contributed by atoms with Crippen molar-refractivity contribution in [1.29, 1.82) is 0 Å². The highest BCUT2D eigenvalue weighted by Gasteiger charge is 2.77. The van der Waals surface area contributed by atoms with Crippen LogP contribution >= 0.6 is 11.9 Å². The molecule has 2 aliphatic heterocycles. The number of hydrogen-bond acceptors (Lipinski definition) is 5. The van der Waals surface area contributed by atoms with E-state index in [2.05, 4.69) is 20.8 Å². The Morgan fingerprint density at radius 3 is 1.45 bits per heavy atom. The molecule has 2 heterocycles. The third-order valence-electron chi connectivity index (χ3n) is 10.8. The Hall–Kier alpha value is -1.37. The Kier molecular flexibility index (Phi) is 4.45. The Morgan fingerprint density at radius 1 is 0.697 bits per heavy atom. The van der Waals surface area contributed by atoms with Crippen LogP contribution in [0.25, 0.3) is 0 Å². The first-order valence-electron chi connectivity index (χ1n) is 12.9. The lowest BCUT2D eigenvalue weighted by molar-refractivity contribution is -0.147. The van der Waals surface area contributed by atoms with Gasteiger partial charge in [-0.1, -0.05) is 13.8 Å². The molecule has 4 bridgehead atoms. The van der Waals surface area contributed by atoms with Crippen molar-refractivity contribution >= 4 is 35.6 Å². The maximum atomic E-state index is 13.5. The van der Waals surface area contributed by atoms with Gasteiger partial charge in [0.2, 0.25) is 23.6 Å². The predicted octanol–water partition coefficient (Wildman–Crippen LogP) is 3.75. The van der Waals surface area contributed by atoms with Crippen LogP contribution in [0.1, 0.15) is 67.2 Å². The minimum absolute atomic E-state index is 0.00404. The minimum Gasteiger partial charge on any atom is -0.276 e. The summed E-state index contributed by atoms with van der Waals surface area (Å²) in [6.45, 7) is 12.3. The number of rotatable bonds is 5. The lowest BCUT2D eigenvalue weighted by Crippen LogP contribution is -2.48. The summed E-state index contributed by atoms with van der Waals surface area (Å²) in [5, 5.41) is 0. The molecule has 4 amide bonds. The molecule has 33 heavy (non-hydrogen) atoms. The number of carbonyl (C=O) groups is 4. The summed E-state index contributed by atoms with van der Waals surface area (Å²) in [5.74, 6) is 0.674. The molecular weight excluding hydrogens is 436 g/mol. The predicted molar refractivity (Wildman–Crippen MR) is 124 cm³/mol. The fourth-order valence-corrected chi connectivity index (χ4v) is 9.98. The molecule has 6 nitrogen and oxygen atoms in total. The summed E-state index contributed by atoms with van der Waals surface area (Å²) in [6, 6.07) is 0. The van der Waals surface area contributed by atoms with Crippen LogP contribution in [-0.2, 0) is 19.2 Å². The second-order valence-corrected chi connectivity index (χ2v) is 14.4. The SMILES string of the molecule is CCC(C)(C)SN1C(=O)C2C3CC(C2C1=O)C1C2CC(C4C(=O)N(C(C)(C)CC)C(=O)C24)C31. The molecule has 0 aromatic rings. The van der Waals surface area contributed by atoms with Crippen LogP contribution in [0.5, 0.6) is 0 Å². The fourth-order valence-electron chi connectivity index (χ4n) is 8.93. The van der Waals surface area contributed by atoms with Gasteiger partial charge >= 0.3 is 0 Å². The highest BCUT2D eigenvalue weighted by Crippen LogP contribution is 2.75. The van der Waals surface area contributed by atoms with E-state index in [1.54, 1.807) is 4.90 Å². The summed E-state index contributed by atoms with van der Waals surface area (Å²) < 4.78 is 1.33. The molecular formula is C26H36N2O4S. The molecule has 10 atom stereocenters. The van der Waals surface area contributed by atoms with E-state index >= 15 is 0 Å². The van der Waals surface area contributed by atoms with Gasteiger partial charge in [-0.25, -0.2) is 4.31 Å². The van der Waals surface area contributed by atoms with E-state index in [0.717, 1.165) is 25.7 Å². The second kappa shape index (κ2) is 6.64. The highest BCUT2D eigenvalue weighted by molar-refractivity contribution is 7.99. The largest absolute Gasteiger partial charge is 0.276 e. The van der Waals surface area contributed by atoms with E-state index in [1.165, 1.54) is 16.3 Å². The first-order chi connectivity index (χ1) is 15.4. The smallest absolute Gasteiger partial charge is 0.243 e.